The molecule has 0 atom stereocenters. The van der Waals surface area contributed by atoms with E-state index >= 15 is 0 Å². The molecule has 0 saturated heterocycles. The van der Waals surface area contributed by atoms with Crippen LogP contribution in [0.5, 0.6) is 0 Å². The molecule has 0 bridgehead atoms. The molecule has 2 amide bonds. The van der Waals surface area contributed by atoms with Gasteiger partial charge in [-0.15, -0.1) is 0 Å². The highest BCUT2D eigenvalue weighted by atomic mass is 16.5. The van der Waals surface area contributed by atoms with E-state index in [0.717, 1.165) is 16.9 Å². The number of nitrogens with zero attached hydrogens (tertiary/aromatic N) is 3. The number of carbonyl (C=O) groups excluding carboxylic acids is 3. The molecular weight excluding hydrogens is 470 g/mol. The second-order valence-electron chi connectivity index (χ2n) is 8.81. The zero-order chi connectivity index (χ0) is 26.5. The van der Waals surface area contributed by atoms with Gasteiger partial charge in [-0.25, -0.2) is 4.79 Å². The van der Waals surface area contributed by atoms with Gasteiger partial charge >= 0.3 is 5.97 Å². The number of ether oxygens (including phenoxy) is 1. The molecule has 1 aromatic heterocycles. The number of hydrogen-bond acceptors (Lipinski definition) is 7. The van der Waals surface area contributed by atoms with Gasteiger partial charge in [0.1, 0.15) is 5.69 Å². The highest BCUT2D eigenvalue weighted by Gasteiger charge is 2.31. The molecule has 0 spiro atoms. The number of amides is 2. The number of carbonyl (C=O) groups is 3. The zero-order valence-electron chi connectivity index (χ0n) is 21.2. The van der Waals surface area contributed by atoms with Crippen molar-refractivity contribution in [3.8, 4) is 0 Å². The van der Waals surface area contributed by atoms with Crippen LogP contribution in [0.25, 0.3) is 11.3 Å². The lowest BCUT2D eigenvalue weighted by atomic mass is 10.0. The Kier molecular flexibility index (Phi) is 7.52. The number of methoxy groups -OCH3 is 1. The van der Waals surface area contributed by atoms with Gasteiger partial charge in [0, 0.05) is 51.7 Å². The Morgan fingerprint density at radius 3 is 2.35 bits per heavy atom. The number of benzene rings is 2. The Bertz CT molecular complexity index is 1350. The van der Waals surface area contributed by atoms with Crippen molar-refractivity contribution in [1.29, 1.82) is 0 Å². The van der Waals surface area contributed by atoms with Gasteiger partial charge in [0.2, 0.25) is 5.91 Å². The highest BCUT2D eigenvalue weighted by molar-refractivity contribution is 6.37. The molecule has 4 rings (SSSR count). The van der Waals surface area contributed by atoms with Gasteiger partial charge in [-0.3, -0.25) is 14.6 Å². The summed E-state index contributed by atoms with van der Waals surface area (Å²) in [7, 11) is 6.73. The molecule has 0 saturated carbocycles. The summed E-state index contributed by atoms with van der Waals surface area (Å²) >= 11 is 0. The largest absolute Gasteiger partial charge is 0.465 e. The SMILES string of the molecule is COC(=O)c1cnc2c(c1)NC(=O)C2=C(Nc1ccc(N(C)CCC(=O)N(C)C)cc1)c1ccccc1. The number of pyridine rings is 1. The van der Waals surface area contributed by atoms with Gasteiger partial charge in [0.05, 0.1) is 29.6 Å². The molecule has 3 aromatic rings. The lowest BCUT2D eigenvalue weighted by Crippen LogP contribution is -2.27. The van der Waals surface area contributed by atoms with Crippen molar-refractivity contribution in [1.82, 2.24) is 9.88 Å². The van der Waals surface area contributed by atoms with Crippen LogP contribution >= 0.6 is 0 Å². The average Bonchev–Trinajstić information content (AvgIpc) is 3.24. The minimum atomic E-state index is -0.528. The molecule has 0 fully saturated rings. The number of nitrogens with one attached hydrogen (secondary N) is 2. The first-order valence-electron chi connectivity index (χ1n) is 11.8. The Morgan fingerprint density at radius 1 is 1.00 bits per heavy atom. The number of aromatic nitrogens is 1. The van der Waals surface area contributed by atoms with E-state index in [4.69, 9.17) is 4.74 Å². The molecule has 0 unspecified atom stereocenters. The summed E-state index contributed by atoms with van der Waals surface area (Å²) in [5, 5.41) is 6.21. The van der Waals surface area contributed by atoms with Crippen LogP contribution in [-0.2, 0) is 14.3 Å². The van der Waals surface area contributed by atoms with Crippen molar-refractivity contribution >= 4 is 46.1 Å². The summed E-state index contributed by atoms with van der Waals surface area (Å²) in [6.45, 7) is 0.597. The maximum Gasteiger partial charge on any atom is 0.339 e. The lowest BCUT2D eigenvalue weighted by molar-refractivity contribution is -0.128. The molecule has 0 radical (unpaired) electrons. The summed E-state index contributed by atoms with van der Waals surface area (Å²) < 4.78 is 4.77. The molecule has 9 heteroatoms. The van der Waals surface area contributed by atoms with Crippen molar-refractivity contribution in [3.05, 3.63) is 83.7 Å². The van der Waals surface area contributed by atoms with Crippen molar-refractivity contribution in [2.75, 3.05) is 50.3 Å². The fourth-order valence-corrected chi connectivity index (χ4v) is 3.96. The summed E-state index contributed by atoms with van der Waals surface area (Å²) in [6, 6.07) is 18.8. The molecule has 0 aliphatic carbocycles. The van der Waals surface area contributed by atoms with Gasteiger partial charge in [-0.2, -0.15) is 0 Å². The van der Waals surface area contributed by atoms with Crippen molar-refractivity contribution in [3.63, 3.8) is 0 Å². The van der Waals surface area contributed by atoms with Crippen LogP contribution in [-0.4, -0.2) is 62.5 Å². The third-order valence-electron chi connectivity index (χ3n) is 6.07. The van der Waals surface area contributed by atoms with Crippen LogP contribution in [0, 0.1) is 0 Å². The summed E-state index contributed by atoms with van der Waals surface area (Å²) in [6.07, 6.45) is 1.83. The third kappa shape index (κ3) is 5.61. The van der Waals surface area contributed by atoms with Crippen LogP contribution in [0.4, 0.5) is 17.1 Å². The quantitative estimate of drug-likeness (QED) is 0.360. The maximum atomic E-state index is 13.1. The molecule has 37 heavy (non-hydrogen) atoms. The van der Waals surface area contributed by atoms with Crippen LogP contribution in [0.1, 0.15) is 28.0 Å². The molecule has 1 aliphatic rings. The van der Waals surface area contributed by atoms with Gasteiger partial charge in [0.15, 0.2) is 0 Å². The first-order valence-corrected chi connectivity index (χ1v) is 11.8. The maximum absolute atomic E-state index is 13.1. The Balaban J connectivity index is 1.65. The summed E-state index contributed by atoms with van der Waals surface area (Å²) in [5.74, 6) is -0.774. The van der Waals surface area contributed by atoms with Crippen molar-refractivity contribution in [2.45, 2.75) is 6.42 Å². The molecule has 9 nitrogen and oxygen atoms in total. The molecule has 190 valence electrons. The predicted molar refractivity (Wildman–Crippen MR) is 144 cm³/mol. The predicted octanol–water partition coefficient (Wildman–Crippen LogP) is 3.72. The molecule has 2 aromatic carbocycles. The van der Waals surface area contributed by atoms with E-state index in [0.29, 0.717) is 35.6 Å². The van der Waals surface area contributed by atoms with Gasteiger partial charge < -0.3 is 25.2 Å². The Hall–Kier alpha value is -4.66. The van der Waals surface area contributed by atoms with Gasteiger partial charge in [0.25, 0.3) is 5.91 Å². The van der Waals surface area contributed by atoms with E-state index in [1.54, 1.807) is 25.1 Å². The second kappa shape index (κ2) is 10.9. The normalized spacial score (nSPS) is 13.4. The first-order chi connectivity index (χ1) is 17.8. The monoisotopic (exact) mass is 499 g/mol. The van der Waals surface area contributed by atoms with Crippen LogP contribution < -0.4 is 15.5 Å². The zero-order valence-corrected chi connectivity index (χ0v) is 21.2. The number of rotatable bonds is 8. The smallest absolute Gasteiger partial charge is 0.339 e. The minimum absolute atomic E-state index is 0.0757. The van der Waals surface area contributed by atoms with Crippen LogP contribution in [0.3, 0.4) is 0 Å². The second-order valence-corrected chi connectivity index (χ2v) is 8.81. The van der Waals surface area contributed by atoms with E-state index in [-0.39, 0.29) is 17.4 Å². The first kappa shape index (κ1) is 25.4. The Labute approximate surface area is 215 Å². The molecule has 2 heterocycles. The summed E-state index contributed by atoms with van der Waals surface area (Å²) in [5.41, 5.74) is 4.67. The van der Waals surface area contributed by atoms with Crippen molar-refractivity contribution in [2.24, 2.45) is 0 Å². The average molecular weight is 500 g/mol. The van der Waals surface area contributed by atoms with E-state index < -0.39 is 5.97 Å². The third-order valence-corrected chi connectivity index (χ3v) is 6.07. The Morgan fingerprint density at radius 2 is 1.70 bits per heavy atom. The van der Waals surface area contributed by atoms with E-state index in [1.165, 1.54) is 13.3 Å². The minimum Gasteiger partial charge on any atom is -0.465 e. The fourth-order valence-electron chi connectivity index (χ4n) is 3.96. The lowest BCUT2D eigenvalue weighted by Gasteiger charge is -2.21. The summed E-state index contributed by atoms with van der Waals surface area (Å²) in [4.78, 5) is 45.0. The number of fused-ring (bicyclic) bond motifs is 1. The highest BCUT2D eigenvalue weighted by Crippen LogP contribution is 2.36. The molecular formula is C28H29N5O4. The van der Waals surface area contributed by atoms with E-state index in [2.05, 4.69) is 15.6 Å². The number of anilines is 3. The van der Waals surface area contributed by atoms with E-state index in [1.807, 2.05) is 66.5 Å². The molecule has 2 N–H and O–H groups in total. The fraction of sp³-hybridized carbons (Fsp3) is 0.214. The van der Waals surface area contributed by atoms with Crippen molar-refractivity contribution < 1.29 is 19.1 Å². The molecule has 1 aliphatic heterocycles. The van der Waals surface area contributed by atoms with E-state index in [9.17, 15) is 14.4 Å². The van der Waals surface area contributed by atoms with Crippen LogP contribution in [0.2, 0.25) is 0 Å². The van der Waals surface area contributed by atoms with Gasteiger partial charge in [-0.05, 0) is 35.9 Å². The topological polar surface area (TPSA) is 104 Å². The number of esters is 1. The van der Waals surface area contributed by atoms with Crippen LogP contribution in [0.15, 0.2) is 66.9 Å². The standard InChI is InChI=1S/C28H29N5O4/c1-32(2)23(34)14-15-33(3)21-12-10-20(11-13-21)30-25(18-8-6-5-7-9-18)24-26-22(31-27(24)35)16-19(17-29-26)28(36)37-4/h5-13,16-17,30H,14-15H2,1-4H3,(H,31,35). The number of hydrogen-bond donors (Lipinski definition) is 2. The van der Waals surface area contributed by atoms with Gasteiger partial charge in [-0.1, -0.05) is 30.3 Å².